The summed E-state index contributed by atoms with van der Waals surface area (Å²) in [6.07, 6.45) is 3.72. The zero-order chi connectivity index (χ0) is 9.68. The van der Waals surface area contributed by atoms with E-state index in [0.717, 1.165) is 12.0 Å². The Morgan fingerprint density at radius 1 is 1.54 bits per heavy atom. The lowest BCUT2D eigenvalue weighted by atomic mass is 10.2. The first-order valence-electron chi connectivity index (χ1n) is 4.25. The Bertz CT molecular complexity index is 299. The van der Waals surface area contributed by atoms with Gasteiger partial charge in [0.05, 0.1) is 6.61 Å². The second-order valence-corrected chi connectivity index (χ2v) is 2.47. The van der Waals surface area contributed by atoms with Gasteiger partial charge in [-0.15, -0.1) is 0 Å². The highest BCUT2D eigenvalue weighted by atomic mass is 16.5. The van der Waals surface area contributed by atoms with E-state index in [1.807, 2.05) is 6.92 Å². The van der Waals surface area contributed by atoms with E-state index in [4.69, 9.17) is 4.74 Å². The van der Waals surface area contributed by atoms with E-state index in [9.17, 15) is 4.79 Å². The number of rotatable bonds is 3. The average Bonchev–Trinajstić information content (AvgIpc) is 2.18. The zero-order valence-corrected chi connectivity index (χ0v) is 7.78. The van der Waals surface area contributed by atoms with E-state index in [1.165, 1.54) is 6.33 Å². The maximum Gasteiger partial charge on any atom is 0.357 e. The van der Waals surface area contributed by atoms with Crippen LogP contribution in [0.1, 0.15) is 29.9 Å². The predicted molar refractivity (Wildman–Crippen MR) is 47.4 cm³/mol. The van der Waals surface area contributed by atoms with Crippen molar-refractivity contribution in [2.45, 2.75) is 20.3 Å². The Hall–Kier alpha value is -1.45. The van der Waals surface area contributed by atoms with Crippen LogP contribution >= 0.6 is 0 Å². The monoisotopic (exact) mass is 180 g/mol. The summed E-state index contributed by atoms with van der Waals surface area (Å²) in [5.41, 5.74) is 1.19. The number of carbonyl (C=O) groups excluding carboxylic acids is 1. The molecule has 0 saturated carbocycles. The summed E-state index contributed by atoms with van der Waals surface area (Å²) in [6, 6.07) is 0. The van der Waals surface area contributed by atoms with Crippen molar-refractivity contribution in [3.63, 3.8) is 0 Å². The van der Waals surface area contributed by atoms with Gasteiger partial charge in [0.2, 0.25) is 0 Å². The minimum Gasteiger partial charge on any atom is -0.461 e. The fourth-order valence-electron chi connectivity index (χ4n) is 1.00. The number of aromatic nitrogens is 2. The van der Waals surface area contributed by atoms with Crippen LogP contribution < -0.4 is 0 Å². The molecule has 4 heteroatoms. The molecule has 1 heterocycles. The number of aryl methyl sites for hydroxylation is 1. The highest BCUT2D eigenvalue weighted by molar-refractivity contribution is 5.88. The van der Waals surface area contributed by atoms with E-state index in [1.54, 1.807) is 13.1 Å². The molecule has 1 aromatic heterocycles. The van der Waals surface area contributed by atoms with Crippen molar-refractivity contribution in [3.8, 4) is 0 Å². The molecule has 0 saturated heterocycles. The molecule has 0 atom stereocenters. The van der Waals surface area contributed by atoms with E-state index in [-0.39, 0.29) is 5.97 Å². The van der Waals surface area contributed by atoms with E-state index >= 15 is 0 Å². The average molecular weight is 180 g/mol. The van der Waals surface area contributed by atoms with Crippen LogP contribution in [0.15, 0.2) is 12.5 Å². The summed E-state index contributed by atoms with van der Waals surface area (Å²) in [5.74, 6) is -0.373. The number of ether oxygens (including phenoxy) is 1. The Labute approximate surface area is 77.0 Å². The molecule has 70 valence electrons. The Balaban J connectivity index is 2.92. The van der Waals surface area contributed by atoms with Gasteiger partial charge in [-0.2, -0.15) is 0 Å². The second kappa shape index (κ2) is 4.54. The van der Waals surface area contributed by atoms with Gasteiger partial charge in [0.25, 0.3) is 0 Å². The van der Waals surface area contributed by atoms with Gasteiger partial charge in [-0.1, -0.05) is 6.92 Å². The molecule has 1 rings (SSSR count). The molecule has 0 spiro atoms. The van der Waals surface area contributed by atoms with Gasteiger partial charge in [0, 0.05) is 11.8 Å². The fourth-order valence-corrected chi connectivity index (χ4v) is 1.00. The summed E-state index contributed by atoms with van der Waals surface area (Å²) in [7, 11) is 0. The van der Waals surface area contributed by atoms with Crippen LogP contribution in [-0.4, -0.2) is 22.5 Å². The second-order valence-electron chi connectivity index (χ2n) is 2.47. The minimum atomic E-state index is -0.373. The van der Waals surface area contributed by atoms with Gasteiger partial charge < -0.3 is 4.74 Å². The highest BCUT2D eigenvalue weighted by Crippen LogP contribution is 2.05. The third-order valence-electron chi connectivity index (χ3n) is 1.64. The largest absolute Gasteiger partial charge is 0.461 e. The van der Waals surface area contributed by atoms with E-state index in [0.29, 0.717) is 12.3 Å². The molecule has 0 aliphatic carbocycles. The van der Waals surface area contributed by atoms with Crippen LogP contribution in [0.4, 0.5) is 0 Å². The summed E-state index contributed by atoms with van der Waals surface area (Å²) in [4.78, 5) is 19.0. The van der Waals surface area contributed by atoms with Crippen molar-refractivity contribution in [2.24, 2.45) is 0 Å². The summed E-state index contributed by atoms with van der Waals surface area (Å²) >= 11 is 0. The molecule has 0 aliphatic heterocycles. The smallest absolute Gasteiger partial charge is 0.357 e. The van der Waals surface area contributed by atoms with Crippen molar-refractivity contribution >= 4 is 5.97 Å². The highest BCUT2D eigenvalue weighted by Gasteiger charge is 2.12. The normalized spacial score (nSPS) is 9.69. The van der Waals surface area contributed by atoms with Crippen molar-refractivity contribution in [3.05, 3.63) is 23.8 Å². The molecule has 0 bridgehead atoms. The number of carbonyl (C=O) groups is 1. The predicted octanol–water partition coefficient (Wildman–Crippen LogP) is 1.22. The lowest BCUT2D eigenvalue weighted by Crippen LogP contribution is -2.10. The SMILES string of the molecule is CCOC(=O)c1ncncc1CC. The van der Waals surface area contributed by atoms with Crippen LogP contribution in [0.2, 0.25) is 0 Å². The standard InChI is InChI=1S/C9H12N2O2/c1-3-7-5-10-6-11-8(7)9(12)13-4-2/h5-6H,3-4H2,1-2H3. The van der Waals surface area contributed by atoms with E-state index < -0.39 is 0 Å². The molecule has 0 aromatic carbocycles. The number of hydrogen-bond donors (Lipinski definition) is 0. The molecule has 0 radical (unpaired) electrons. The number of nitrogens with zero attached hydrogens (tertiary/aromatic N) is 2. The quantitative estimate of drug-likeness (QED) is 0.656. The Morgan fingerprint density at radius 2 is 2.31 bits per heavy atom. The Kier molecular flexibility index (Phi) is 3.37. The molecule has 0 unspecified atom stereocenters. The fraction of sp³-hybridized carbons (Fsp3) is 0.444. The number of esters is 1. The van der Waals surface area contributed by atoms with Crippen LogP contribution in [0.5, 0.6) is 0 Å². The lowest BCUT2D eigenvalue weighted by molar-refractivity contribution is 0.0518. The van der Waals surface area contributed by atoms with Crippen LogP contribution in [0.25, 0.3) is 0 Å². The van der Waals surface area contributed by atoms with Gasteiger partial charge in [-0.25, -0.2) is 14.8 Å². The molecule has 0 amide bonds. The molecule has 0 fully saturated rings. The molecule has 4 nitrogen and oxygen atoms in total. The van der Waals surface area contributed by atoms with Crippen LogP contribution in [-0.2, 0) is 11.2 Å². The van der Waals surface area contributed by atoms with Gasteiger partial charge >= 0.3 is 5.97 Å². The molecule has 0 aliphatic rings. The van der Waals surface area contributed by atoms with Gasteiger partial charge in [-0.05, 0) is 13.3 Å². The summed E-state index contributed by atoms with van der Waals surface area (Å²) < 4.78 is 4.84. The first kappa shape index (κ1) is 9.64. The molecule has 13 heavy (non-hydrogen) atoms. The van der Waals surface area contributed by atoms with Crippen molar-refractivity contribution in [1.82, 2.24) is 9.97 Å². The molecule has 0 N–H and O–H groups in total. The van der Waals surface area contributed by atoms with Gasteiger partial charge in [-0.3, -0.25) is 0 Å². The van der Waals surface area contributed by atoms with E-state index in [2.05, 4.69) is 9.97 Å². The third kappa shape index (κ3) is 2.24. The molecular formula is C9H12N2O2. The third-order valence-corrected chi connectivity index (χ3v) is 1.64. The first-order valence-corrected chi connectivity index (χ1v) is 4.25. The van der Waals surface area contributed by atoms with Gasteiger partial charge in [0.15, 0.2) is 5.69 Å². The van der Waals surface area contributed by atoms with Gasteiger partial charge in [0.1, 0.15) is 6.33 Å². The molecule has 1 aromatic rings. The maximum atomic E-state index is 11.3. The number of hydrogen-bond acceptors (Lipinski definition) is 4. The minimum absolute atomic E-state index is 0.367. The zero-order valence-electron chi connectivity index (χ0n) is 7.78. The summed E-state index contributed by atoms with van der Waals surface area (Å²) in [6.45, 7) is 4.08. The van der Waals surface area contributed by atoms with Crippen molar-refractivity contribution < 1.29 is 9.53 Å². The van der Waals surface area contributed by atoms with Crippen LogP contribution in [0.3, 0.4) is 0 Å². The molecular weight excluding hydrogens is 168 g/mol. The summed E-state index contributed by atoms with van der Waals surface area (Å²) in [5, 5.41) is 0. The van der Waals surface area contributed by atoms with Crippen molar-refractivity contribution in [2.75, 3.05) is 6.61 Å². The topological polar surface area (TPSA) is 52.1 Å². The maximum absolute atomic E-state index is 11.3. The van der Waals surface area contributed by atoms with Crippen LogP contribution in [0, 0.1) is 0 Å². The first-order chi connectivity index (χ1) is 6.29. The van der Waals surface area contributed by atoms with Crippen molar-refractivity contribution in [1.29, 1.82) is 0 Å². The Morgan fingerprint density at radius 3 is 2.92 bits per heavy atom. The lowest BCUT2D eigenvalue weighted by Gasteiger charge is -2.03.